The number of fused-ring (bicyclic) bond motifs is 3. The number of furan rings is 1. The van der Waals surface area contributed by atoms with Crippen LogP contribution in [0.15, 0.2) is 126 Å². The number of hydrogen-bond acceptors (Lipinski definition) is 3. The average molecular weight is 753 g/mol. The van der Waals surface area contributed by atoms with Crippen LogP contribution in [0.3, 0.4) is 0 Å². The number of rotatable bonds is 4. The molecular formula is C38H32IrN2OSi-2. The number of nitrogens with zero attached hydrogens (tertiary/aromatic N) is 2. The summed E-state index contributed by atoms with van der Waals surface area (Å²) < 4.78 is 6.00. The molecule has 43 heavy (non-hydrogen) atoms. The fourth-order valence-corrected chi connectivity index (χ4v) is 5.99. The van der Waals surface area contributed by atoms with E-state index in [2.05, 4.69) is 97.2 Å². The maximum absolute atomic E-state index is 6.00. The first-order chi connectivity index (χ1) is 20.4. The first-order valence-electron chi connectivity index (χ1n) is 14.2. The molecule has 3 heterocycles. The van der Waals surface area contributed by atoms with Gasteiger partial charge in [-0.15, -0.1) is 65.2 Å². The van der Waals surface area contributed by atoms with Crippen molar-refractivity contribution in [2.45, 2.75) is 26.6 Å². The van der Waals surface area contributed by atoms with Gasteiger partial charge in [-0.05, 0) is 34.3 Å². The molecular weight excluding hydrogens is 721 g/mol. The normalized spacial score (nSPS) is 11.1. The van der Waals surface area contributed by atoms with Crippen LogP contribution in [0.1, 0.15) is 5.56 Å². The minimum absolute atomic E-state index is 0. The Morgan fingerprint density at radius 3 is 2.12 bits per heavy atom. The second-order valence-corrected chi connectivity index (χ2v) is 16.5. The van der Waals surface area contributed by atoms with Gasteiger partial charge in [0.1, 0.15) is 11.2 Å². The van der Waals surface area contributed by atoms with Gasteiger partial charge in [0.15, 0.2) is 0 Å². The zero-order valence-corrected chi connectivity index (χ0v) is 28.1. The Morgan fingerprint density at radius 2 is 1.40 bits per heavy atom. The molecule has 7 aromatic rings. The first kappa shape index (κ1) is 30.3. The number of hydrogen-bond donors (Lipinski definition) is 0. The predicted octanol–water partition coefficient (Wildman–Crippen LogP) is 9.52. The van der Waals surface area contributed by atoms with Gasteiger partial charge >= 0.3 is 0 Å². The van der Waals surface area contributed by atoms with Gasteiger partial charge in [0.2, 0.25) is 0 Å². The van der Waals surface area contributed by atoms with Crippen LogP contribution >= 0.6 is 0 Å². The number of aryl methyl sites for hydroxylation is 1. The predicted molar refractivity (Wildman–Crippen MR) is 177 cm³/mol. The van der Waals surface area contributed by atoms with Crippen molar-refractivity contribution in [3.05, 3.63) is 139 Å². The molecule has 0 saturated carbocycles. The van der Waals surface area contributed by atoms with Crippen molar-refractivity contribution in [1.29, 1.82) is 0 Å². The van der Waals surface area contributed by atoms with Crippen molar-refractivity contribution >= 4 is 35.2 Å². The van der Waals surface area contributed by atoms with Gasteiger partial charge in [0, 0.05) is 43.3 Å². The zero-order chi connectivity index (χ0) is 29.1. The van der Waals surface area contributed by atoms with Crippen molar-refractivity contribution in [3.63, 3.8) is 0 Å². The number of pyridine rings is 2. The standard InChI is InChI=1S/C24H16NO.C14H16NSi.Ir/c1-16-11-12-18(13-20(16)17-7-3-2-4-8-17)22-14-24-21(15-25-22)19-9-5-6-10-23(19)26-24;1-16(2,3)13-9-10-14(15-11-13)12-7-5-4-6-8-12;/h2-11,13-15H,1H3;4-7,9-11H,1-3H3;/q2*-1;. The van der Waals surface area contributed by atoms with Gasteiger partial charge in [0.05, 0.1) is 8.07 Å². The van der Waals surface area contributed by atoms with E-state index in [1.165, 1.54) is 21.9 Å². The molecule has 7 rings (SSSR count). The van der Waals surface area contributed by atoms with E-state index in [9.17, 15) is 0 Å². The van der Waals surface area contributed by atoms with Crippen LogP contribution < -0.4 is 5.19 Å². The molecule has 0 aliphatic rings. The van der Waals surface area contributed by atoms with E-state index < -0.39 is 8.07 Å². The Morgan fingerprint density at radius 1 is 0.651 bits per heavy atom. The van der Waals surface area contributed by atoms with Crippen LogP contribution in [-0.2, 0) is 20.1 Å². The molecule has 0 atom stereocenters. The van der Waals surface area contributed by atoms with Gasteiger partial charge in [-0.25, -0.2) is 0 Å². The van der Waals surface area contributed by atoms with Crippen molar-refractivity contribution in [3.8, 4) is 33.6 Å². The topological polar surface area (TPSA) is 38.9 Å². The largest absolute Gasteiger partial charge is 0.457 e. The maximum Gasteiger partial charge on any atom is 0.135 e. The fourth-order valence-electron chi connectivity index (χ4n) is 4.96. The molecule has 0 amide bonds. The number of aromatic nitrogens is 2. The Hall–Kier alpha value is -4.15. The molecule has 3 aromatic heterocycles. The van der Waals surface area contributed by atoms with Crippen LogP contribution in [0.2, 0.25) is 19.6 Å². The van der Waals surface area contributed by atoms with Gasteiger partial charge in [0.25, 0.3) is 0 Å². The molecule has 4 aromatic carbocycles. The summed E-state index contributed by atoms with van der Waals surface area (Å²) in [7, 11) is -1.23. The first-order valence-corrected chi connectivity index (χ1v) is 17.7. The Balaban J connectivity index is 0.000000188. The summed E-state index contributed by atoms with van der Waals surface area (Å²) >= 11 is 0. The van der Waals surface area contributed by atoms with E-state index >= 15 is 0 Å². The number of para-hydroxylation sites is 1. The minimum Gasteiger partial charge on any atom is -0.457 e. The van der Waals surface area contributed by atoms with E-state index in [0.29, 0.717) is 0 Å². The Labute approximate surface area is 268 Å². The van der Waals surface area contributed by atoms with E-state index in [1.807, 2.05) is 73.1 Å². The van der Waals surface area contributed by atoms with Gasteiger partial charge < -0.3 is 14.4 Å². The molecule has 0 spiro atoms. The third-order valence-electron chi connectivity index (χ3n) is 7.40. The van der Waals surface area contributed by atoms with Crippen LogP contribution in [0, 0.1) is 19.1 Å². The summed E-state index contributed by atoms with van der Waals surface area (Å²) in [6.45, 7) is 9.10. The number of benzene rings is 4. The summed E-state index contributed by atoms with van der Waals surface area (Å²) in [6, 6.07) is 43.4. The second kappa shape index (κ2) is 13.0. The van der Waals surface area contributed by atoms with Crippen LogP contribution in [0.5, 0.6) is 0 Å². The summed E-state index contributed by atoms with van der Waals surface area (Å²) in [5.41, 5.74) is 9.24. The third-order valence-corrected chi connectivity index (χ3v) is 9.42. The quantitative estimate of drug-likeness (QED) is 0.133. The summed E-state index contributed by atoms with van der Waals surface area (Å²) in [5.74, 6) is 0. The molecule has 0 N–H and O–H groups in total. The zero-order valence-electron chi connectivity index (χ0n) is 24.7. The smallest absolute Gasteiger partial charge is 0.135 e. The van der Waals surface area contributed by atoms with Crippen molar-refractivity contribution in [1.82, 2.24) is 9.97 Å². The van der Waals surface area contributed by atoms with E-state index in [-0.39, 0.29) is 20.1 Å². The molecule has 3 nitrogen and oxygen atoms in total. The van der Waals surface area contributed by atoms with E-state index in [4.69, 9.17) is 4.42 Å². The molecule has 0 saturated heterocycles. The SMILES string of the molecule is C[Si](C)(C)c1ccc(-c2[c-]cccc2)nc1.Cc1c[c-]c(-c2cc3oc4ccccc4c3cn2)cc1-c1ccccc1.[Ir]. The summed E-state index contributed by atoms with van der Waals surface area (Å²) in [4.78, 5) is 9.19. The van der Waals surface area contributed by atoms with Gasteiger partial charge in [-0.1, -0.05) is 92.8 Å². The Bertz CT molecular complexity index is 1960. The Kier molecular flexibility index (Phi) is 9.17. The second-order valence-electron chi connectivity index (χ2n) is 11.4. The van der Waals surface area contributed by atoms with Crippen molar-refractivity contribution in [2.75, 3.05) is 0 Å². The molecule has 215 valence electrons. The summed E-state index contributed by atoms with van der Waals surface area (Å²) in [5, 5.41) is 3.53. The molecule has 0 aliphatic carbocycles. The van der Waals surface area contributed by atoms with Crippen molar-refractivity contribution in [2.24, 2.45) is 0 Å². The average Bonchev–Trinajstić information content (AvgIpc) is 3.40. The van der Waals surface area contributed by atoms with Gasteiger partial charge in [-0.3, -0.25) is 0 Å². The molecule has 0 unspecified atom stereocenters. The minimum atomic E-state index is -1.23. The summed E-state index contributed by atoms with van der Waals surface area (Å²) in [6.07, 6.45) is 3.91. The van der Waals surface area contributed by atoms with E-state index in [1.54, 1.807) is 0 Å². The monoisotopic (exact) mass is 753 g/mol. The molecule has 1 radical (unpaired) electrons. The third kappa shape index (κ3) is 6.76. The molecule has 0 fully saturated rings. The van der Waals surface area contributed by atoms with Crippen molar-refractivity contribution < 1.29 is 24.5 Å². The molecule has 0 aliphatic heterocycles. The van der Waals surface area contributed by atoms with Crippen LogP contribution in [-0.4, -0.2) is 18.0 Å². The molecule has 0 bridgehead atoms. The fraction of sp³-hybridized carbons (Fsp3) is 0.105. The van der Waals surface area contributed by atoms with Crippen LogP contribution in [0.4, 0.5) is 0 Å². The molecule has 5 heteroatoms. The van der Waals surface area contributed by atoms with E-state index in [0.717, 1.165) is 44.5 Å². The van der Waals surface area contributed by atoms with Crippen LogP contribution in [0.25, 0.3) is 55.6 Å². The maximum atomic E-state index is 6.00. The van der Waals surface area contributed by atoms with Gasteiger partial charge in [-0.2, -0.15) is 0 Å².